The Morgan fingerprint density at radius 1 is 1.03 bits per heavy atom. The zero-order valence-electron chi connectivity index (χ0n) is 17.2. The molecule has 0 bridgehead atoms. The van der Waals surface area contributed by atoms with E-state index in [0.29, 0.717) is 0 Å². The molecule has 0 unspecified atom stereocenters. The number of aliphatic hydroxyl groups excluding tert-OH is 1. The molecule has 2 aromatic carbocycles. The van der Waals surface area contributed by atoms with Gasteiger partial charge in [0.25, 0.3) is 0 Å². The summed E-state index contributed by atoms with van der Waals surface area (Å²) in [5.41, 5.74) is 4.03. The lowest BCUT2D eigenvalue weighted by atomic mass is 9.92. The second-order valence-electron chi connectivity index (χ2n) is 7.27. The molecule has 0 heterocycles. The van der Waals surface area contributed by atoms with E-state index in [4.69, 9.17) is 3.07 Å². The summed E-state index contributed by atoms with van der Waals surface area (Å²) in [6, 6.07) is 16.3. The van der Waals surface area contributed by atoms with Gasteiger partial charge in [-0.2, -0.15) is 0 Å². The van der Waals surface area contributed by atoms with Gasteiger partial charge in [-0.05, 0) is 41.8 Å². The molecule has 152 valence electrons. The molecule has 1 N–H and O–H groups in total. The summed E-state index contributed by atoms with van der Waals surface area (Å²) < 4.78 is 4.93. The van der Waals surface area contributed by atoms with Gasteiger partial charge in [0.05, 0.1) is 6.20 Å². The topological polar surface area (TPSA) is 32.7 Å². The van der Waals surface area contributed by atoms with E-state index in [1.807, 2.05) is 47.4 Å². The minimum atomic E-state index is -0.169. The summed E-state index contributed by atoms with van der Waals surface area (Å²) in [4.78, 5) is 1.89. The molecule has 0 atom stereocenters. The predicted molar refractivity (Wildman–Crippen MR) is 133 cm³/mol. The molecule has 0 fully saturated rings. The van der Waals surface area contributed by atoms with Crippen LogP contribution in [-0.4, -0.2) is 5.11 Å². The van der Waals surface area contributed by atoms with E-state index in [1.54, 1.807) is 29.2 Å². The van der Waals surface area contributed by atoms with Crippen LogP contribution in [-0.2, 0) is 3.07 Å². The molecule has 0 saturated heterocycles. The second kappa shape index (κ2) is 10.9. The maximum atomic E-state index is 9.94. The molecule has 29 heavy (non-hydrogen) atoms. The van der Waals surface area contributed by atoms with E-state index < -0.39 is 0 Å². The molecule has 0 saturated carbocycles. The molecule has 2 aromatic rings. The van der Waals surface area contributed by atoms with Crippen molar-refractivity contribution in [2.24, 2.45) is 5.41 Å². The maximum absolute atomic E-state index is 9.94. The van der Waals surface area contributed by atoms with Gasteiger partial charge in [-0.3, -0.25) is 0 Å². The highest BCUT2D eigenvalue weighted by molar-refractivity contribution is 14.1. The van der Waals surface area contributed by atoms with E-state index in [9.17, 15) is 5.11 Å². The average Bonchev–Trinajstić information content (AvgIpc) is 2.75. The summed E-state index contributed by atoms with van der Waals surface area (Å²) in [5.74, 6) is -0.169. The standard InChI is InChI=1S/C25H28INO2/c1-5-7-8-20-9-13-22(14-10-20)27(19-24(28)29-26)23-15-11-21(12-16-23)17-18-25(3,4)6-2/h6-19,28H,2,5H2,1,3-4H3/b8-7+,18-17+,24-19+. The minimum Gasteiger partial charge on any atom is -0.479 e. The Labute approximate surface area is 188 Å². The van der Waals surface area contributed by atoms with Gasteiger partial charge >= 0.3 is 5.95 Å². The molecule has 4 heteroatoms. The molecule has 0 aliphatic heterocycles. The Balaban J connectivity index is 2.33. The van der Waals surface area contributed by atoms with Crippen LogP contribution >= 0.6 is 23.0 Å². The first-order valence-corrected chi connectivity index (χ1v) is 10.4. The van der Waals surface area contributed by atoms with Crippen LogP contribution in [0.5, 0.6) is 0 Å². The lowest BCUT2D eigenvalue weighted by Gasteiger charge is -2.21. The predicted octanol–water partition coefficient (Wildman–Crippen LogP) is 8.20. The fourth-order valence-electron chi connectivity index (χ4n) is 2.55. The molecule has 0 aliphatic carbocycles. The highest BCUT2D eigenvalue weighted by atomic mass is 127. The van der Waals surface area contributed by atoms with Gasteiger partial charge in [-0.25, -0.2) is 0 Å². The molecule has 0 spiro atoms. The molecule has 2 rings (SSSR count). The van der Waals surface area contributed by atoms with Crippen LogP contribution in [0.1, 0.15) is 38.3 Å². The lowest BCUT2D eigenvalue weighted by molar-refractivity contribution is 0.256. The SMILES string of the molecule is C=CC(C)(C)/C=C/c1ccc(N(/C=C(\O)OI)c2ccc(/C=C/CC)cc2)cc1. The zero-order valence-corrected chi connectivity index (χ0v) is 19.3. The highest BCUT2D eigenvalue weighted by Gasteiger charge is 2.10. The molecule has 0 aromatic heterocycles. The number of nitrogens with zero attached hydrogens (tertiary/aromatic N) is 1. The Kier molecular flexibility index (Phi) is 8.58. The molecule has 0 aliphatic rings. The van der Waals surface area contributed by atoms with Crippen molar-refractivity contribution in [1.82, 2.24) is 0 Å². The summed E-state index contributed by atoms with van der Waals surface area (Å²) in [6.45, 7) is 10.2. The number of hydrogen-bond acceptors (Lipinski definition) is 3. The van der Waals surface area contributed by atoms with Gasteiger partial charge in [0.15, 0.2) is 23.0 Å². The van der Waals surface area contributed by atoms with Crippen molar-refractivity contribution in [1.29, 1.82) is 0 Å². The van der Waals surface area contributed by atoms with Gasteiger partial charge in [-0.1, -0.05) is 75.4 Å². The van der Waals surface area contributed by atoms with Crippen molar-refractivity contribution in [3.63, 3.8) is 0 Å². The van der Waals surface area contributed by atoms with Gasteiger partial charge in [0, 0.05) is 16.8 Å². The Morgan fingerprint density at radius 2 is 1.55 bits per heavy atom. The third-order valence-electron chi connectivity index (χ3n) is 4.44. The van der Waals surface area contributed by atoms with E-state index >= 15 is 0 Å². The van der Waals surface area contributed by atoms with Crippen LogP contribution in [0.3, 0.4) is 0 Å². The van der Waals surface area contributed by atoms with E-state index in [2.05, 4.69) is 63.8 Å². The molecule has 0 amide bonds. The zero-order chi connectivity index (χ0) is 21.3. The highest BCUT2D eigenvalue weighted by Crippen LogP contribution is 2.28. The first kappa shape index (κ1) is 22.8. The number of anilines is 2. The first-order chi connectivity index (χ1) is 13.9. The van der Waals surface area contributed by atoms with E-state index in [1.165, 1.54) is 0 Å². The van der Waals surface area contributed by atoms with Crippen LogP contribution in [0.4, 0.5) is 11.4 Å². The monoisotopic (exact) mass is 501 g/mol. The normalized spacial score (nSPS) is 12.5. The summed E-state index contributed by atoms with van der Waals surface area (Å²) in [6.07, 6.45) is 12.9. The minimum absolute atomic E-state index is 0.0508. The Bertz CT molecular complexity index is 878. The van der Waals surface area contributed by atoms with Crippen LogP contribution in [0.25, 0.3) is 12.2 Å². The van der Waals surface area contributed by atoms with Crippen LogP contribution in [0.2, 0.25) is 0 Å². The van der Waals surface area contributed by atoms with E-state index in [-0.39, 0.29) is 11.4 Å². The van der Waals surface area contributed by atoms with Gasteiger partial charge in [0.2, 0.25) is 0 Å². The van der Waals surface area contributed by atoms with Crippen molar-refractivity contribution in [3.05, 3.63) is 96.6 Å². The molecular weight excluding hydrogens is 473 g/mol. The number of aliphatic hydroxyl groups is 1. The van der Waals surface area contributed by atoms with E-state index in [0.717, 1.165) is 28.9 Å². The number of rotatable bonds is 9. The van der Waals surface area contributed by atoms with Crippen molar-refractivity contribution in [3.8, 4) is 0 Å². The quantitative estimate of drug-likeness (QED) is 0.214. The number of allylic oxidation sites excluding steroid dienone is 3. The van der Waals surface area contributed by atoms with Gasteiger partial charge in [-0.15, -0.1) is 6.58 Å². The largest absolute Gasteiger partial charge is 0.479 e. The van der Waals surface area contributed by atoms with Gasteiger partial charge in [0.1, 0.15) is 0 Å². The Hall–Kier alpha value is -2.47. The average molecular weight is 501 g/mol. The van der Waals surface area contributed by atoms with Crippen molar-refractivity contribution >= 4 is 46.5 Å². The summed E-state index contributed by atoms with van der Waals surface area (Å²) in [5, 5.41) is 9.94. The third-order valence-corrected chi connectivity index (χ3v) is 4.89. The Morgan fingerprint density at radius 3 is 2.00 bits per heavy atom. The number of hydrogen-bond donors (Lipinski definition) is 1. The van der Waals surface area contributed by atoms with Crippen LogP contribution < -0.4 is 4.90 Å². The third kappa shape index (κ3) is 7.13. The van der Waals surface area contributed by atoms with Crippen molar-refractivity contribution in [2.45, 2.75) is 27.2 Å². The fourth-order valence-corrected chi connectivity index (χ4v) is 2.67. The van der Waals surface area contributed by atoms with Crippen LogP contribution in [0.15, 0.2) is 85.5 Å². The fraction of sp³-hybridized carbons (Fsp3) is 0.200. The maximum Gasteiger partial charge on any atom is 0.303 e. The van der Waals surface area contributed by atoms with Gasteiger partial charge < -0.3 is 13.1 Å². The van der Waals surface area contributed by atoms with Crippen molar-refractivity contribution in [2.75, 3.05) is 4.90 Å². The van der Waals surface area contributed by atoms with Crippen molar-refractivity contribution < 1.29 is 8.17 Å². The van der Waals surface area contributed by atoms with Crippen LogP contribution in [0, 0.1) is 5.41 Å². The molecule has 3 nitrogen and oxygen atoms in total. The number of benzene rings is 2. The number of halogens is 1. The smallest absolute Gasteiger partial charge is 0.303 e. The molecule has 0 radical (unpaired) electrons. The molecular formula is C25H28INO2. The summed E-state index contributed by atoms with van der Waals surface area (Å²) >= 11 is 1.66. The first-order valence-electron chi connectivity index (χ1n) is 9.56. The summed E-state index contributed by atoms with van der Waals surface area (Å²) in [7, 11) is 0. The lowest BCUT2D eigenvalue weighted by Crippen LogP contribution is -2.10. The second-order valence-corrected chi connectivity index (χ2v) is 7.71.